The number of hydrogen-bond donors (Lipinski definition) is 0. The van der Waals surface area contributed by atoms with Gasteiger partial charge in [0.15, 0.2) is 0 Å². The molecule has 0 saturated carbocycles. The third kappa shape index (κ3) is 3.09. The lowest BCUT2D eigenvalue weighted by molar-refractivity contribution is -0.142. The van der Waals surface area contributed by atoms with Crippen molar-refractivity contribution >= 4 is 5.91 Å². The molecule has 25 heavy (non-hydrogen) atoms. The van der Waals surface area contributed by atoms with E-state index in [9.17, 15) is 9.59 Å². The highest BCUT2D eigenvalue weighted by molar-refractivity contribution is 5.81. The van der Waals surface area contributed by atoms with Gasteiger partial charge in [-0.15, -0.1) is 0 Å². The number of carbonyl (C=O) groups is 1. The Morgan fingerprint density at radius 2 is 1.96 bits per heavy atom. The second-order valence-electron chi connectivity index (χ2n) is 6.54. The minimum absolute atomic E-state index is 0.0331. The summed E-state index contributed by atoms with van der Waals surface area (Å²) in [6.07, 6.45) is 3.04. The van der Waals surface area contributed by atoms with Gasteiger partial charge in [0.1, 0.15) is 6.10 Å². The minimum Gasteiger partial charge on any atom is -0.368 e. The van der Waals surface area contributed by atoms with Gasteiger partial charge in [0, 0.05) is 19.7 Å². The van der Waals surface area contributed by atoms with Crippen LogP contribution < -0.4 is 5.69 Å². The summed E-state index contributed by atoms with van der Waals surface area (Å²) in [7, 11) is 0. The summed E-state index contributed by atoms with van der Waals surface area (Å²) in [5.41, 5.74) is 0.407. The van der Waals surface area contributed by atoms with Gasteiger partial charge in [-0.25, -0.2) is 4.79 Å². The summed E-state index contributed by atoms with van der Waals surface area (Å²) in [6.45, 7) is 1.83. The summed E-state index contributed by atoms with van der Waals surface area (Å²) in [5.74, 6) is 0.0331. The normalized spacial score (nSPS) is 23.8. The molecule has 0 aliphatic carbocycles. The van der Waals surface area contributed by atoms with Crippen LogP contribution in [0.4, 0.5) is 0 Å². The van der Waals surface area contributed by atoms with Crippen molar-refractivity contribution in [1.82, 2.24) is 24.7 Å². The molecular formula is C17H21N5O3. The second kappa shape index (κ2) is 6.79. The van der Waals surface area contributed by atoms with Gasteiger partial charge in [0.2, 0.25) is 0 Å². The highest BCUT2D eigenvalue weighted by Gasteiger charge is 2.33. The summed E-state index contributed by atoms with van der Waals surface area (Å²) in [5, 5.41) is 8.05. The number of ether oxygens (including phenoxy) is 1. The molecule has 2 saturated heterocycles. The Morgan fingerprint density at radius 1 is 1.12 bits per heavy atom. The summed E-state index contributed by atoms with van der Waals surface area (Å²) in [6, 6.07) is 9.06. The van der Waals surface area contributed by atoms with Gasteiger partial charge in [0.05, 0.1) is 11.7 Å². The molecule has 4 rings (SSSR count). The van der Waals surface area contributed by atoms with Crippen LogP contribution in [0.3, 0.4) is 0 Å². The number of likely N-dealkylation sites (tertiary alicyclic amines) is 1. The van der Waals surface area contributed by atoms with E-state index in [2.05, 4.69) is 10.4 Å². The molecule has 132 valence electrons. The number of benzene rings is 1. The number of piperidine rings is 1. The summed E-state index contributed by atoms with van der Waals surface area (Å²) in [4.78, 5) is 27.0. The van der Waals surface area contributed by atoms with E-state index in [4.69, 9.17) is 4.74 Å². The first-order valence-electron chi connectivity index (χ1n) is 8.74. The third-order valence-corrected chi connectivity index (χ3v) is 4.86. The molecule has 2 aliphatic heterocycles. The zero-order valence-electron chi connectivity index (χ0n) is 14.0. The van der Waals surface area contributed by atoms with Crippen molar-refractivity contribution < 1.29 is 9.53 Å². The van der Waals surface area contributed by atoms with Crippen molar-refractivity contribution in [3.8, 4) is 5.69 Å². The fourth-order valence-corrected chi connectivity index (χ4v) is 3.55. The Kier molecular flexibility index (Phi) is 4.35. The van der Waals surface area contributed by atoms with E-state index in [0.717, 1.165) is 25.7 Å². The lowest BCUT2D eigenvalue weighted by Gasteiger charge is -2.33. The Bertz CT molecular complexity index is 794. The largest absolute Gasteiger partial charge is 0.368 e. The maximum absolute atomic E-state index is 12.7. The van der Waals surface area contributed by atoms with Crippen molar-refractivity contribution in [2.75, 3.05) is 19.7 Å². The maximum atomic E-state index is 12.7. The molecule has 1 amide bonds. The number of nitrogens with zero attached hydrogens (tertiary/aromatic N) is 5. The Labute approximate surface area is 145 Å². The van der Waals surface area contributed by atoms with Crippen LogP contribution in [0, 0.1) is 0 Å². The Hall–Kier alpha value is -2.48. The molecule has 2 aliphatic rings. The maximum Gasteiger partial charge on any atom is 0.368 e. The van der Waals surface area contributed by atoms with Crippen molar-refractivity contribution in [2.45, 2.75) is 37.8 Å². The molecule has 1 aromatic carbocycles. The molecule has 3 heterocycles. The van der Waals surface area contributed by atoms with Gasteiger partial charge in [-0.2, -0.15) is 9.36 Å². The van der Waals surface area contributed by atoms with Gasteiger partial charge in [0.25, 0.3) is 5.91 Å². The van der Waals surface area contributed by atoms with E-state index in [1.165, 1.54) is 9.36 Å². The standard InChI is InChI=1S/C17H21N5O3/c23-16(15-9-5-11-25-15)20-10-4-8-14(12-20)22-17(24)21(18-19-22)13-6-2-1-3-7-13/h1-3,6-7,14-15H,4-5,8-12H2/t14-,15-/m1/s1. The number of amides is 1. The molecule has 2 fully saturated rings. The minimum atomic E-state index is -0.324. The predicted molar refractivity (Wildman–Crippen MR) is 89.4 cm³/mol. The number of tetrazole rings is 1. The Balaban J connectivity index is 1.53. The first-order valence-corrected chi connectivity index (χ1v) is 8.74. The van der Waals surface area contributed by atoms with Gasteiger partial charge in [-0.3, -0.25) is 4.79 Å². The van der Waals surface area contributed by atoms with E-state index in [-0.39, 0.29) is 23.7 Å². The fraction of sp³-hybridized carbons (Fsp3) is 0.529. The molecule has 2 aromatic rings. The van der Waals surface area contributed by atoms with Gasteiger partial charge in [-0.1, -0.05) is 18.2 Å². The Morgan fingerprint density at radius 3 is 2.72 bits per heavy atom. The molecule has 0 radical (unpaired) electrons. The smallest absolute Gasteiger partial charge is 0.368 e. The number of hydrogen-bond acceptors (Lipinski definition) is 5. The van der Waals surface area contributed by atoms with Crippen LogP contribution >= 0.6 is 0 Å². The fourth-order valence-electron chi connectivity index (χ4n) is 3.55. The number of carbonyl (C=O) groups excluding carboxylic acids is 1. The van der Waals surface area contributed by atoms with Crippen molar-refractivity contribution in [3.63, 3.8) is 0 Å². The van der Waals surface area contributed by atoms with Crippen LogP contribution in [0.2, 0.25) is 0 Å². The SMILES string of the molecule is O=C([C@H]1CCCO1)N1CCC[C@@H](n2nnn(-c3ccccc3)c2=O)C1. The quantitative estimate of drug-likeness (QED) is 0.822. The van der Waals surface area contributed by atoms with Gasteiger partial charge >= 0.3 is 5.69 Å². The lowest BCUT2D eigenvalue weighted by atomic mass is 10.0. The average Bonchev–Trinajstić information content (AvgIpc) is 3.32. The number of rotatable bonds is 3. The van der Waals surface area contributed by atoms with E-state index >= 15 is 0 Å². The molecule has 8 nitrogen and oxygen atoms in total. The monoisotopic (exact) mass is 343 g/mol. The van der Waals surface area contributed by atoms with Crippen LogP contribution in [0.15, 0.2) is 35.1 Å². The molecule has 1 aromatic heterocycles. The van der Waals surface area contributed by atoms with E-state index in [1.54, 1.807) is 4.90 Å². The van der Waals surface area contributed by atoms with Gasteiger partial charge in [-0.05, 0) is 48.2 Å². The zero-order chi connectivity index (χ0) is 17.2. The first kappa shape index (κ1) is 16.0. The van der Waals surface area contributed by atoms with E-state index < -0.39 is 0 Å². The molecular weight excluding hydrogens is 322 g/mol. The van der Waals surface area contributed by atoms with Crippen molar-refractivity contribution in [3.05, 3.63) is 40.8 Å². The predicted octanol–water partition coefficient (Wildman–Crippen LogP) is 0.771. The van der Waals surface area contributed by atoms with E-state index in [1.807, 2.05) is 30.3 Å². The highest BCUT2D eigenvalue weighted by atomic mass is 16.5. The average molecular weight is 343 g/mol. The van der Waals surface area contributed by atoms with Crippen molar-refractivity contribution in [1.29, 1.82) is 0 Å². The van der Waals surface area contributed by atoms with Crippen LogP contribution in [-0.4, -0.2) is 56.4 Å². The summed E-state index contributed by atoms with van der Waals surface area (Å²) >= 11 is 0. The molecule has 8 heteroatoms. The second-order valence-corrected chi connectivity index (χ2v) is 6.54. The molecule has 0 spiro atoms. The van der Waals surface area contributed by atoms with E-state index in [0.29, 0.717) is 25.4 Å². The van der Waals surface area contributed by atoms with Crippen molar-refractivity contribution in [2.24, 2.45) is 0 Å². The van der Waals surface area contributed by atoms with Crippen LogP contribution in [0.25, 0.3) is 5.69 Å². The molecule has 0 unspecified atom stereocenters. The third-order valence-electron chi connectivity index (χ3n) is 4.86. The number of aromatic nitrogens is 4. The zero-order valence-corrected chi connectivity index (χ0v) is 14.0. The molecule has 0 bridgehead atoms. The molecule has 0 N–H and O–H groups in total. The summed E-state index contributed by atoms with van der Waals surface area (Å²) < 4.78 is 8.20. The van der Waals surface area contributed by atoms with Crippen LogP contribution in [0.5, 0.6) is 0 Å². The number of para-hydroxylation sites is 1. The first-order chi connectivity index (χ1) is 12.2. The van der Waals surface area contributed by atoms with Gasteiger partial charge < -0.3 is 9.64 Å². The lowest BCUT2D eigenvalue weighted by Crippen LogP contribution is -2.46. The topological polar surface area (TPSA) is 82.2 Å². The highest BCUT2D eigenvalue weighted by Crippen LogP contribution is 2.22. The van der Waals surface area contributed by atoms with Crippen LogP contribution in [-0.2, 0) is 9.53 Å². The van der Waals surface area contributed by atoms with Crippen LogP contribution in [0.1, 0.15) is 31.7 Å². The molecule has 2 atom stereocenters.